The van der Waals surface area contributed by atoms with Crippen LogP contribution in [0.1, 0.15) is 22.3 Å². The Morgan fingerprint density at radius 1 is 1.00 bits per heavy atom. The highest BCUT2D eigenvalue weighted by atomic mass is 16.3. The molecule has 1 amide bonds. The summed E-state index contributed by atoms with van der Waals surface area (Å²) in [5, 5.41) is 29.4. The monoisotopic (exact) mass is 285 g/mol. The highest BCUT2D eigenvalue weighted by Gasteiger charge is 2.28. The molecule has 1 aliphatic rings. The number of carbonyl (C=O) groups excluding carboxylic acids is 1. The molecule has 0 bridgehead atoms. The van der Waals surface area contributed by atoms with Gasteiger partial charge in [0.1, 0.15) is 5.75 Å². The van der Waals surface area contributed by atoms with Crippen LogP contribution >= 0.6 is 0 Å². The average Bonchev–Trinajstić information content (AvgIpc) is 2.49. The lowest BCUT2D eigenvalue weighted by Crippen LogP contribution is -2.35. The summed E-state index contributed by atoms with van der Waals surface area (Å²) in [6.45, 7) is 0.457. The van der Waals surface area contributed by atoms with Crippen molar-refractivity contribution < 1.29 is 20.1 Å². The van der Waals surface area contributed by atoms with Crippen molar-refractivity contribution in [3.8, 4) is 17.2 Å². The molecule has 0 atom stereocenters. The Morgan fingerprint density at radius 2 is 1.71 bits per heavy atom. The van der Waals surface area contributed by atoms with Gasteiger partial charge in [-0.3, -0.25) is 4.79 Å². The Kier molecular flexibility index (Phi) is 3.17. The maximum absolute atomic E-state index is 12.6. The third-order valence-electron chi connectivity index (χ3n) is 3.69. The molecule has 1 aliphatic heterocycles. The first-order chi connectivity index (χ1) is 10.1. The molecule has 1 heterocycles. The number of phenolic OH excluding ortho intramolecular Hbond substituents is 3. The van der Waals surface area contributed by atoms with Crippen LogP contribution in [0.4, 0.5) is 5.69 Å². The fourth-order valence-electron chi connectivity index (χ4n) is 2.68. The molecule has 3 N–H and O–H groups in total. The van der Waals surface area contributed by atoms with E-state index in [9.17, 15) is 20.1 Å². The van der Waals surface area contributed by atoms with Crippen molar-refractivity contribution >= 4 is 11.6 Å². The molecule has 5 heteroatoms. The minimum absolute atomic E-state index is 0.0195. The topological polar surface area (TPSA) is 81.0 Å². The minimum Gasteiger partial charge on any atom is -0.506 e. The summed E-state index contributed by atoms with van der Waals surface area (Å²) in [6, 6.07) is 9.41. The number of aromatic hydroxyl groups is 3. The van der Waals surface area contributed by atoms with Crippen molar-refractivity contribution in [2.45, 2.75) is 12.8 Å². The Labute approximate surface area is 121 Å². The van der Waals surface area contributed by atoms with E-state index in [0.29, 0.717) is 12.2 Å². The second kappa shape index (κ2) is 5.01. The van der Waals surface area contributed by atoms with Gasteiger partial charge < -0.3 is 20.2 Å². The van der Waals surface area contributed by atoms with Crippen molar-refractivity contribution in [2.24, 2.45) is 0 Å². The van der Waals surface area contributed by atoms with Gasteiger partial charge in [0.15, 0.2) is 11.5 Å². The Bertz CT molecular complexity index is 711. The van der Waals surface area contributed by atoms with E-state index in [2.05, 4.69) is 0 Å². The summed E-state index contributed by atoms with van der Waals surface area (Å²) >= 11 is 0. The van der Waals surface area contributed by atoms with Crippen LogP contribution in [0.3, 0.4) is 0 Å². The largest absolute Gasteiger partial charge is 0.506 e. The van der Waals surface area contributed by atoms with Gasteiger partial charge in [0.05, 0.1) is 11.3 Å². The van der Waals surface area contributed by atoms with Crippen molar-refractivity contribution in [1.82, 2.24) is 0 Å². The predicted molar refractivity (Wildman–Crippen MR) is 77.9 cm³/mol. The van der Waals surface area contributed by atoms with Crippen LogP contribution in [0, 0.1) is 0 Å². The standard InChI is InChI=1S/C16H15NO4/c18-12-7-1-4-10-5-3-9-17(14(10)12)16(21)11-6-2-8-13(19)15(11)20/h1-2,4,6-8,18-20H,3,5,9H2. The van der Waals surface area contributed by atoms with Gasteiger partial charge in [-0.05, 0) is 36.6 Å². The normalized spacial score (nSPS) is 13.8. The zero-order valence-corrected chi connectivity index (χ0v) is 11.3. The van der Waals surface area contributed by atoms with Crippen LogP contribution in [0.25, 0.3) is 0 Å². The molecule has 2 aromatic carbocycles. The van der Waals surface area contributed by atoms with Crippen LogP contribution in [0.2, 0.25) is 0 Å². The molecule has 0 aliphatic carbocycles. The Morgan fingerprint density at radius 3 is 2.52 bits per heavy atom. The van der Waals surface area contributed by atoms with E-state index < -0.39 is 11.7 Å². The lowest BCUT2D eigenvalue weighted by molar-refractivity contribution is 0.0981. The molecule has 0 saturated heterocycles. The number of amides is 1. The maximum atomic E-state index is 12.6. The Balaban J connectivity index is 2.07. The van der Waals surface area contributed by atoms with Gasteiger partial charge in [-0.25, -0.2) is 0 Å². The fourth-order valence-corrected chi connectivity index (χ4v) is 2.68. The van der Waals surface area contributed by atoms with Crippen LogP contribution in [-0.2, 0) is 6.42 Å². The van der Waals surface area contributed by atoms with E-state index in [1.807, 2.05) is 6.07 Å². The zero-order valence-electron chi connectivity index (χ0n) is 11.3. The quantitative estimate of drug-likeness (QED) is 0.703. The first kappa shape index (κ1) is 13.3. The first-order valence-electron chi connectivity index (χ1n) is 6.73. The SMILES string of the molecule is O=C(c1cccc(O)c1O)N1CCCc2cccc(O)c21. The summed E-state index contributed by atoms with van der Waals surface area (Å²) in [5.74, 6) is -1.17. The maximum Gasteiger partial charge on any atom is 0.262 e. The lowest BCUT2D eigenvalue weighted by atomic mass is 10.00. The first-order valence-corrected chi connectivity index (χ1v) is 6.73. The summed E-state index contributed by atoms with van der Waals surface area (Å²) in [7, 11) is 0. The van der Waals surface area contributed by atoms with Gasteiger partial charge in [0.2, 0.25) is 0 Å². The molecule has 108 valence electrons. The number of fused-ring (bicyclic) bond motifs is 1. The van der Waals surface area contributed by atoms with E-state index in [-0.39, 0.29) is 17.1 Å². The van der Waals surface area contributed by atoms with E-state index >= 15 is 0 Å². The number of hydrogen-bond donors (Lipinski definition) is 3. The van der Waals surface area contributed by atoms with Crippen molar-refractivity contribution in [2.75, 3.05) is 11.4 Å². The average molecular weight is 285 g/mol. The number of rotatable bonds is 1. The molecule has 21 heavy (non-hydrogen) atoms. The third kappa shape index (κ3) is 2.16. The predicted octanol–water partition coefficient (Wildman–Crippen LogP) is 2.40. The number of carbonyl (C=O) groups is 1. The van der Waals surface area contributed by atoms with E-state index in [1.54, 1.807) is 6.07 Å². The molecule has 0 spiro atoms. The number of para-hydroxylation sites is 2. The smallest absolute Gasteiger partial charge is 0.262 e. The van der Waals surface area contributed by atoms with Crippen molar-refractivity contribution in [1.29, 1.82) is 0 Å². The second-order valence-corrected chi connectivity index (χ2v) is 5.02. The molecule has 3 rings (SSSR count). The summed E-state index contributed by atoms with van der Waals surface area (Å²) in [4.78, 5) is 14.1. The van der Waals surface area contributed by atoms with Crippen LogP contribution in [0.5, 0.6) is 17.2 Å². The molecule has 2 aromatic rings. The van der Waals surface area contributed by atoms with Crippen molar-refractivity contribution in [3.63, 3.8) is 0 Å². The summed E-state index contributed by atoms with van der Waals surface area (Å²) < 4.78 is 0. The van der Waals surface area contributed by atoms with E-state index in [0.717, 1.165) is 18.4 Å². The zero-order chi connectivity index (χ0) is 15.0. The minimum atomic E-state index is -0.440. The molecular formula is C16H15NO4. The number of phenols is 3. The van der Waals surface area contributed by atoms with E-state index in [4.69, 9.17) is 0 Å². The second-order valence-electron chi connectivity index (χ2n) is 5.02. The summed E-state index contributed by atoms with van der Waals surface area (Å²) in [5.41, 5.74) is 1.40. The molecule has 0 radical (unpaired) electrons. The van der Waals surface area contributed by atoms with Crippen molar-refractivity contribution in [3.05, 3.63) is 47.5 Å². The van der Waals surface area contributed by atoms with Gasteiger partial charge in [0, 0.05) is 6.54 Å². The van der Waals surface area contributed by atoms with E-state index in [1.165, 1.54) is 29.2 Å². The van der Waals surface area contributed by atoms with Gasteiger partial charge in [-0.2, -0.15) is 0 Å². The number of benzene rings is 2. The molecule has 5 nitrogen and oxygen atoms in total. The molecule has 0 saturated carbocycles. The van der Waals surface area contributed by atoms with Crippen LogP contribution < -0.4 is 4.90 Å². The number of aryl methyl sites for hydroxylation is 1. The van der Waals surface area contributed by atoms with Gasteiger partial charge in [-0.15, -0.1) is 0 Å². The number of hydrogen-bond acceptors (Lipinski definition) is 4. The van der Waals surface area contributed by atoms with Gasteiger partial charge in [0.25, 0.3) is 5.91 Å². The number of nitrogens with zero attached hydrogens (tertiary/aromatic N) is 1. The lowest BCUT2D eigenvalue weighted by Gasteiger charge is -2.30. The van der Waals surface area contributed by atoms with Gasteiger partial charge >= 0.3 is 0 Å². The third-order valence-corrected chi connectivity index (χ3v) is 3.69. The fraction of sp³-hybridized carbons (Fsp3) is 0.188. The van der Waals surface area contributed by atoms with Crippen LogP contribution in [0.15, 0.2) is 36.4 Å². The molecular weight excluding hydrogens is 270 g/mol. The highest BCUT2D eigenvalue weighted by Crippen LogP contribution is 2.38. The van der Waals surface area contributed by atoms with Crippen LogP contribution in [-0.4, -0.2) is 27.8 Å². The van der Waals surface area contributed by atoms with Gasteiger partial charge in [-0.1, -0.05) is 18.2 Å². The summed E-state index contributed by atoms with van der Waals surface area (Å²) in [6.07, 6.45) is 1.57. The molecule has 0 fully saturated rings. The molecule has 0 aromatic heterocycles. The Hall–Kier alpha value is -2.69. The number of anilines is 1. The highest BCUT2D eigenvalue weighted by molar-refractivity contribution is 6.09. The molecule has 0 unspecified atom stereocenters.